The Labute approximate surface area is 128 Å². The van der Waals surface area contributed by atoms with Gasteiger partial charge in [-0.15, -0.1) is 11.3 Å². The van der Waals surface area contributed by atoms with Crippen molar-refractivity contribution < 1.29 is 9.59 Å². The maximum Gasteiger partial charge on any atom is 0.261 e. The van der Waals surface area contributed by atoms with E-state index in [0.717, 1.165) is 19.3 Å². The second-order valence-corrected chi connectivity index (χ2v) is 6.42. The Morgan fingerprint density at radius 1 is 1.14 bits per heavy atom. The molecule has 0 aliphatic heterocycles. The van der Waals surface area contributed by atoms with E-state index in [0.29, 0.717) is 9.75 Å². The van der Waals surface area contributed by atoms with Crippen molar-refractivity contribution in [1.29, 1.82) is 0 Å². The minimum absolute atomic E-state index is 0.00191. The number of fused-ring (bicyclic) bond motifs is 1. The van der Waals surface area contributed by atoms with E-state index < -0.39 is 0 Å². The molecule has 1 aromatic heterocycles. The maximum absolute atomic E-state index is 12.3. The van der Waals surface area contributed by atoms with Gasteiger partial charge >= 0.3 is 0 Å². The summed E-state index contributed by atoms with van der Waals surface area (Å²) in [7, 11) is 0. The van der Waals surface area contributed by atoms with E-state index in [1.165, 1.54) is 29.4 Å². The first-order valence-electron chi connectivity index (χ1n) is 7.14. The fourth-order valence-electron chi connectivity index (χ4n) is 2.78. The zero-order chi connectivity index (χ0) is 14.8. The largest absolute Gasteiger partial charge is 0.345 e. The molecule has 4 heteroatoms. The summed E-state index contributed by atoms with van der Waals surface area (Å²) < 4.78 is 0. The lowest BCUT2D eigenvalue weighted by Crippen LogP contribution is -2.30. The van der Waals surface area contributed by atoms with Crippen molar-refractivity contribution in [2.75, 3.05) is 0 Å². The Balaban J connectivity index is 1.77. The van der Waals surface area contributed by atoms with E-state index in [9.17, 15) is 9.59 Å². The fraction of sp³-hybridized carbons (Fsp3) is 0.294. The zero-order valence-corrected chi connectivity index (χ0v) is 12.7. The molecule has 0 saturated heterocycles. The Bertz CT molecular complexity index is 690. The Kier molecular flexibility index (Phi) is 3.88. The lowest BCUT2D eigenvalue weighted by molar-refractivity contribution is 0.0936. The van der Waals surface area contributed by atoms with E-state index in [-0.39, 0.29) is 17.7 Å². The standard InChI is InChI=1S/C17H17NO2S/c1-11(19)15-9-10-16(21-15)17(20)18-14-8-4-6-12-5-2-3-7-13(12)14/h2-3,5,7,9-10,14H,4,6,8H2,1H3,(H,18,20). The number of Topliss-reactive ketones (excluding diaryl/α,β-unsaturated/α-hetero) is 1. The number of carbonyl (C=O) groups excluding carboxylic acids is 2. The minimum atomic E-state index is -0.0887. The summed E-state index contributed by atoms with van der Waals surface area (Å²) >= 11 is 1.26. The third-order valence-electron chi connectivity index (χ3n) is 3.85. The summed E-state index contributed by atoms with van der Waals surface area (Å²) in [5, 5.41) is 3.10. The van der Waals surface area contributed by atoms with Crippen LogP contribution in [0.5, 0.6) is 0 Å². The van der Waals surface area contributed by atoms with Crippen LogP contribution in [0.2, 0.25) is 0 Å². The number of ketones is 1. The molecular formula is C17H17NO2S. The Hall–Kier alpha value is -1.94. The molecule has 1 heterocycles. The molecule has 21 heavy (non-hydrogen) atoms. The number of amides is 1. The van der Waals surface area contributed by atoms with Gasteiger partial charge in [0.15, 0.2) is 5.78 Å². The average Bonchev–Trinajstić information content (AvgIpc) is 2.98. The monoisotopic (exact) mass is 299 g/mol. The maximum atomic E-state index is 12.3. The summed E-state index contributed by atoms with van der Waals surface area (Å²) in [5.41, 5.74) is 2.55. The van der Waals surface area contributed by atoms with E-state index in [2.05, 4.69) is 17.4 Å². The summed E-state index contributed by atoms with van der Waals surface area (Å²) in [6.07, 6.45) is 3.13. The number of rotatable bonds is 3. The number of hydrogen-bond acceptors (Lipinski definition) is 3. The van der Waals surface area contributed by atoms with Gasteiger partial charge in [-0.25, -0.2) is 0 Å². The molecule has 0 bridgehead atoms. The van der Waals surface area contributed by atoms with Crippen LogP contribution >= 0.6 is 11.3 Å². The van der Waals surface area contributed by atoms with Gasteiger partial charge in [0.25, 0.3) is 5.91 Å². The van der Waals surface area contributed by atoms with Crippen molar-refractivity contribution in [1.82, 2.24) is 5.32 Å². The van der Waals surface area contributed by atoms with E-state index in [1.807, 2.05) is 12.1 Å². The summed E-state index contributed by atoms with van der Waals surface area (Å²) in [5.74, 6) is -0.0868. The third kappa shape index (κ3) is 2.90. The molecule has 0 fully saturated rings. The highest BCUT2D eigenvalue weighted by atomic mass is 32.1. The van der Waals surface area contributed by atoms with Gasteiger partial charge in [0, 0.05) is 0 Å². The highest BCUT2D eigenvalue weighted by Gasteiger charge is 2.22. The predicted octanol–water partition coefficient (Wildman–Crippen LogP) is 3.76. The summed E-state index contributed by atoms with van der Waals surface area (Å²) in [4.78, 5) is 24.9. The molecule has 1 aliphatic rings. The number of benzene rings is 1. The molecule has 108 valence electrons. The molecule has 0 saturated carbocycles. The van der Waals surface area contributed by atoms with E-state index in [1.54, 1.807) is 12.1 Å². The second kappa shape index (κ2) is 5.82. The number of aryl methyl sites for hydroxylation is 1. The quantitative estimate of drug-likeness (QED) is 0.877. The number of hydrogen-bond donors (Lipinski definition) is 1. The molecule has 1 atom stereocenters. The minimum Gasteiger partial charge on any atom is -0.345 e. The van der Waals surface area contributed by atoms with Gasteiger partial charge in [0.05, 0.1) is 15.8 Å². The van der Waals surface area contributed by atoms with Gasteiger partial charge in [-0.1, -0.05) is 24.3 Å². The van der Waals surface area contributed by atoms with Gasteiger partial charge < -0.3 is 5.32 Å². The second-order valence-electron chi connectivity index (χ2n) is 5.34. The molecule has 2 aromatic rings. The third-order valence-corrected chi connectivity index (χ3v) is 5.04. The van der Waals surface area contributed by atoms with Crippen molar-refractivity contribution >= 4 is 23.0 Å². The van der Waals surface area contributed by atoms with Crippen molar-refractivity contribution in [3.05, 3.63) is 57.3 Å². The van der Waals surface area contributed by atoms with Crippen molar-refractivity contribution in [2.45, 2.75) is 32.2 Å². The zero-order valence-electron chi connectivity index (χ0n) is 11.9. The smallest absolute Gasteiger partial charge is 0.261 e. The van der Waals surface area contributed by atoms with Crippen LogP contribution < -0.4 is 5.32 Å². The highest BCUT2D eigenvalue weighted by Crippen LogP contribution is 2.30. The first kappa shape index (κ1) is 14.0. The van der Waals surface area contributed by atoms with Crippen LogP contribution in [-0.2, 0) is 6.42 Å². The molecule has 3 nitrogen and oxygen atoms in total. The van der Waals surface area contributed by atoms with Crippen LogP contribution in [0.15, 0.2) is 36.4 Å². The van der Waals surface area contributed by atoms with Crippen LogP contribution in [0, 0.1) is 0 Å². The number of thiophene rings is 1. The normalized spacial score (nSPS) is 17.1. The van der Waals surface area contributed by atoms with Gasteiger partial charge in [-0.3, -0.25) is 9.59 Å². The molecule has 1 aromatic carbocycles. The predicted molar refractivity (Wildman–Crippen MR) is 83.9 cm³/mol. The highest BCUT2D eigenvalue weighted by molar-refractivity contribution is 7.15. The van der Waals surface area contributed by atoms with Crippen molar-refractivity contribution in [3.63, 3.8) is 0 Å². The Morgan fingerprint density at radius 2 is 1.90 bits per heavy atom. The molecule has 3 rings (SSSR count). The molecule has 1 amide bonds. The number of nitrogens with one attached hydrogen (secondary N) is 1. The fourth-order valence-corrected chi connectivity index (χ4v) is 3.59. The molecule has 0 radical (unpaired) electrons. The average molecular weight is 299 g/mol. The van der Waals surface area contributed by atoms with E-state index >= 15 is 0 Å². The topological polar surface area (TPSA) is 46.2 Å². The first-order valence-corrected chi connectivity index (χ1v) is 7.96. The van der Waals surface area contributed by atoms with Crippen molar-refractivity contribution in [2.24, 2.45) is 0 Å². The first-order chi connectivity index (χ1) is 10.1. The number of carbonyl (C=O) groups is 2. The van der Waals surface area contributed by atoms with Gasteiger partial charge in [-0.2, -0.15) is 0 Å². The lowest BCUT2D eigenvalue weighted by Gasteiger charge is -2.26. The van der Waals surface area contributed by atoms with Crippen LogP contribution in [0.3, 0.4) is 0 Å². The van der Waals surface area contributed by atoms with Crippen LogP contribution in [0.1, 0.15) is 56.3 Å². The van der Waals surface area contributed by atoms with Crippen LogP contribution in [0.25, 0.3) is 0 Å². The summed E-state index contributed by atoms with van der Waals surface area (Å²) in [6, 6.07) is 11.8. The van der Waals surface area contributed by atoms with Crippen molar-refractivity contribution in [3.8, 4) is 0 Å². The van der Waals surface area contributed by atoms with Gasteiger partial charge in [-0.05, 0) is 49.4 Å². The van der Waals surface area contributed by atoms with Gasteiger partial charge in [0.2, 0.25) is 0 Å². The van der Waals surface area contributed by atoms with Crippen LogP contribution in [0.4, 0.5) is 0 Å². The molecule has 1 N–H and O–H groups in total. The SMILES string of the molecule is CC(=O)c1ccc(C(=O)NC2CCCc3ccccc32)s1. The van der Waals surface area contributed by atoms with Gasteiger partial charge in [0.1, 0.15) is 0 Å². The molecular weight excluding hydrogens is 282 g/mol. The lowest BCUT2D eigenvalue weighted by atomic mass is 9.88. The molecule has 1 aliphatic carbocycles. The van der Waals surface area contributed by atoms with E-state index in [4.69, 9.17) is 0 Å². The van der Waals surface area contributed by atoms with Crippen LogP contribution in [-0.4, -0.2) is 11.7 Å². The summed E-state index contributed by atoms with van der Waals surface area (Å²) in [6.45, 7) is 1.52. The molecule has 1 unspecified atom stereocenters. The molecule has 0 spiro atoms. The Morgan fingerprint density at radius 3 is 2.67 bits per heavy atom.